The summed E-state index contributed by atoms with van der Waals surface area (Å²) in [5.74, 6) is 9.61. The van der Waals surface area contributed by atoms with E-state index < -0.39 is 68.4 Å². The number of nitrogens with zero attached hydrogens (tertiary/aromatic N) is 6. The van der Waals surface area contributed by atoms with E-state index in [9.17, 15) is 48.3 Å². The number of ketones is 1. The van der Waals surface area contributed by atoms with Crippen LogP contribution in [0.5, 0.6) is 0 Å². The highest BCUT2D eigenvalue weighted by Crippen LogP contribution is 2.41. The molecule has 0 bridgehead atoms. The smallest absolute Gasteiger partial charge is 0.262 e. The van der Waals surface area contributed by atoms with E-state index in [1.165, 1.54) is 24.3 Å². The maximum atomic E-state index is 13.7. The van der Waals surface area contributed by atoms with Gasteiger partial charge in [0.15, 0.2) is 18.0 Å². The molecule has 3 aromatic carbocycles. The highest BCUT2D eigenvalue weighted by atomic mass is 16.3. The summed E-state index contributed by atoms with van der Waals surface area (Å²) < 4.78 is 6.48. The number of Topliss-reactive ketones (excluding diaryl/α,β-unsaturated/α-hetero) is 1. The Morgan fingerprint density at radius 1 is 0.592 bits per heavy atom. The van der Waals surface area contributed by atoms with Gasteiger partial charge in [-0.25, -0.2) is 4.58 Å². The molecule has 2 aliphatic carbocycles. The van der Waals surface area contributed by atoms with Gasteiger partial charge in [-0.2, -0.15) is 0 Å². The summed E-state index contributed by atoms with van der Waals surface area (Å²) in [6.45, 7) is 12.8. The van der Waals surface area contributed by atoms with Crippen LogP contribution < -0.4 is 54.5 Å². The Hall–Kier alpha value is -8.50. The van der Waals surface area contributed by atoms with Crippen molar-refractivity contribution in [3.8, 4) is 23.7 Å². The Kier molecular flexibility index (Phi) is 14.7. The fraction of sp³-hybridized carbons (Fsp3) is 0.367. The summed E-state index contributed by atoms with van der Waals surface area (Å²) in [4.78, 5) is 124. The predicted octanol–water partition coefficient (Wildman–Crippen LogP) is 4.36. The summed E-state index contributed by atoms with van der Waals surface area (Å²) in [6, 6.07) is 11.2. The summed E-state index contributed by atoms with van der Waals surface area (Å²) >= 11 is 0. The Labute approximate surface area is 435 Å². The highest BCUT2D eigenvalue weighted by molar-refractivity contribution is 6.29. The number of anilines is 1. The molecule has 2 aliphatic rings. The molecule has 0 spiro atoms. The van der Waals surface area contributed by atoms with Gasteiger partial charge in [0.05, 0.1) is 49.6 Å². The van der Waals surface area contributed by atoms with Crippen LogP contribution in [0.2, 0.25) is 0 Å². The van der Waals surface area contributed by atoms with E-state index in [0.29, 0.717) is 31.5 Å². The van der Waals surface area contributed by atoms with E-state index in [1.807, 2.05) is 49.3 Å². The maximum Gasteiger partial charge on any atom is 0.262 e. The van der Waals surface area contributed by atoms with Crippen molar-refractivity contribution >= 4 is 65.8 Å². The zero-order chi connectivity index (χ0) is 54.3. The van der Waals surface area contributed by atoms with E-state index in [2.05, 4.69) is 23.7 Å². The van der Waals surface area contributed by atoms with Crippen LogP contribution in [-0.2, 0) is 17.9 Å². The number of hydrogen-bond donors (Lipinski definition) is 0. The molecule has 0 amide bonds. The van der Waals surface area contributed by atoms with Gasteiger partial charge < -0.3 is 10.0 Å². The molecule has 9 rings (SSSR count). The largest absolute Gasteiger partial charge is 0.874 e. The van der Waals surface area contributed by atoms with Gasteiger partial charge in [0, 0.05) is 54.9 Å². The predicted molar refractivity (Wildman–Crippen MR) is 296 cm³/mol. The first-order chi connectivity index (χ1) is 36.6. The second-order valence-electron chi connectivity index (χ2n) is 19.5. The molecule has 0 fully saturated rings. The Balaban J connectivity index is 0.864. The third kappa shape index (κ3) is 8.85. The molecule has 3 unspecified atom stereocenters. The van der Waals surface area contributed by atoms with E-state index in [-0.39, 0.29) is 86.4 Å². The fourth-order valence-electron chi connectivity index (χ4n) is 11.0. The Morgan fingerprint density at radius 2 is 1.01 bits per heavy atom. The lowest BCUT2D eigenvalue weighted by atomic mass is 9.71. The first-order valence-electron chi connectivity index (χ1n) is 26.1. The minimum absolute atomic E-state index is 0.0246. The van der Waals surface area contributed by atoms with Crippen LogP contribution in [0, 0.1) is 35.5 Å². The molecule has 16 heteroatoms. The lowest BCUT2D eigenvalue weighted by molar-refractivity contribution is -0.524. The normalized spacial score (nSPS) is 16.1. The molecule has 16 nitrogen and oxygen atoms in total. The number of carbonyl (C=O) groups is 1. The molecule has 3 atom stereocenters. The van der Waals surface area contributed by atoms with Crippen molar-refractivity contribution in [3.05, 3.63) is 167 Å². The van der Waals surface area contributed by atoms with E-state index in [1.54, 1.807) is 50.3 Å². The van der Waals surface area contributed by atoms with Gasteiger partial charge in [0.25, 0.3) is 44.5 Å². The summed E-state index contributed by atoms with van der Waals surface area (Å²) in [7, 11) is 0. The number of hydrogen-bond acceptors (Lipinski definition) is 11. The molecule has 388 valence electrons. The molecule has 4 aromatic heterocycles. The first kappa shape index (κ1) is 52.4. The van der Waals surface area contributed by atoms with E-state index >= 15 is 0 Å². The number of unbranched alkanes of at least 4 members (excludes halogenated alkanes) is 2. The average molecular weight is 1020 g/mol. The molecule has 0 saturated heterocycles. The van der Waals surface area contributed by atoms with Crippen LogP contribution in [0.4, 0.5) is 5.69 Å². The molecule has 0 saturated carbocycles. The average Bonchev–Trinajstić information content (AvgIpc) is 4.01. The molecule has 4 heterocycles. The maximum absolute atomic E-state index is 13.7. The lowest BCUT2D eigenvalue weighted by Gasteiger charge is -2.40. The summed E-state index contributed by atoms with van der Waals surface area (Å²) in [6.07, 6.45) is 11.6. The number of carbonyl (C=O) groups excluding carboxylic acids is 1. The molecule has 0 aliphatic heterocycles. The van der Waals surface area contributed by atoms with Gasteiger partial charge in [-0.3, -0.25) is 61.4 Å². The second-order valence-corrected chi connectivity index (χ2v) is 19.5. The number of benzene rings is 3. The van der Waals surface area contributed by atoms with Crippen molar-refractivity contribution in [3.63, 3.8) is 0 Å². The zero-order valence-electron chi connectivity index (χ0n) is 43.5. The van der Waals surface area contributed by atoms with Crippen molar-refractivity contribution in [1.82, 2.24) is 18.3 Å². The molecular formula is C60H58N6O10. The van der Waals surface area contributed by atoms with E-state index in [0.717, 1.165) is 55.4 Å². The minimum atomic E-state index is -0.896. The van der Waals surface area contributed by atoms with Crippen LogP contribution in [0.1, 0.15) is 97.7 Å². The van der Waals surface area contributed by atoms with Crippen LogP contribution in [-0.4, -0.2) is 60.5 Å². The van der Waals surface area contributed by atoms with Gasteiger partial charge in [0.1, 0.15) is 18.6 Å². The highest BCUT2D eigenvalue weighted by Gasteiger charge is 2.38. The number of allylic oxidation sites excluding steroid dienone is 6. The number of aromatic nitrogens is 4. The van der Waals surface area contributed by atoms with Crippen molar-refractivity contribution in [1.29, 1.82) is 0 Å². The molecule has 76 heavy (non-hydrogen) atoms. The standard InChI is InChI=1S/C60H58N6O10/c1-7-13-17-39(15-9-3)65-57(73)45-31-41-42(32-46(45)58(65)74)54(70)63(53(41)69)29-27-61(11-5)37-23-19-35(20-24-37)49-51(67)50(52(49)68)36-21-25-38(26-22-36)62(12-6)28-30-64-55(71)43-33-47-48(34-44(43)56(64)72)60(76)66(59(47)75)40(16-10-4)18-14-8-2/h19-26,31-35,39-40,49H,7-8,11-14,17-18,27-30H2,1-6H3. The van der Waals surface area contributed by atoms with Crippen LogP contribution in [0.3, 0.4) is 0 Å². The van der Waals surface area contributed by atoms with Gasteiger partial charge >= 0.3 is 0 Å². The third-order valence-electron chi connectivity index (χ3n) is 15.2. The van der Waals surface area contributed by atoms with Crippen molar-refractivity contribution < 1.29 is 14.5 Å². The fourth-order valence-corrected chi connectivity index (χ4v) is 11.0. The minimum Gasteiger partial charge on any atom is -0.874 e. The van der Waals surface area contributed by atoms with Crippen molar-refractivity contribution in [2.45, 2.75) is 105 Å². The summed E-state index contributed by atoms with van der Waals surface area (Å²) in [5, 5.41) is 14.3. The third-order valence-corrected chi connectivity index (χ3v) is 15.2. The molecule has 7 aromatic rings. The van der Waals surface area contributed by atoms with Crippen molar-refractivity contribution in [2.75, 3.05) is 31.1 Å². The topological polar surface area (TPSA) is 203 Å². The van der Waals surface area contributed by atoms with Crippen molar-refractivity contribution in [2.24, 2.45) is 11.8 Å². The SMILES string of the molecule is CC#CC(CCCC)n1c(=O)c2cc3c(=O)n(CCN(CC)c4ccc(C5=C([O-])C(C6C=CC(=[N+](CC)CCn7c(=O)c8cc9c(=O)n(C(C#CC)CCCC)c(=O)c9cc8c7=O)C=C6)C5=O)cc4)c(=O)c3cc2c1=O. The number of rotatable bonds is 19. The van der Waals surface area contributed by atoms with Crippen LogP contribution >= 0.6 is 0 Å². The summed E-state index contributed by atoms with van der Waals surface area (Å²) in [5.41, 5.74) is -2.25. The van der Waals surface area contributed by atoms with Gasteiger partial charge in [0.2, 0.25) is 0 Å². The first-order valence-corrected chi connectivity index (χ1v) is 26.1. The van der Waals surface area contributed by atoms with Gasteiger partial charge in [-0.05, 0) is 82.5 Å². The monoisotopic (exact) mass is 1020 g/mol. The Morgan fingerprint density at radius 3 is 1.39 bits per heavy atom. The number of likely N-dealkylation sites (N-methyl/N-ethyl adjacent to an activating group) is 2. The van der Waals surface area contributed by atoms with Gasteiger partial charge in [-0.1, -0.05) is 75.7 Å². The molecule has 0 radical (unpaired) electrons. The Bertz CT molecular complexity index is 4060. The quantitative estimate of drug-likeness (QED) is 0.0823. The van der Waals surface area contributed by atoms with E-state index in [4.69, 9.17) is 0 Å². The second kappa shape index (κ2) is 21.4. The van der Waals surface area contributed by atoms with Crippen LogP contribution in [0.15, 0.2) is 117 Å². The van der Waals surface area contributed by atoms with Crippen LogP contribution in [0.25, 0.3) is 48.7 Å². The molecule has 0 N–H and O–H groups in total. The lowest BCUT2D eigenvalue weighted by Crippen LogP contribution is -2.41. The zero-order valence-corrected chi connectivity index (χ0v) is 43.5. The number of fused-ring (bicyclic) bond motifs is 4. The molecular weight excluding hydrogens is 965 g/mol. The van der Waals surface area contributed by atoms with Gasteiger partial charge in [-0.15, -0.1) is 17.6 Å².